The molecule has 0 atom stereocenters. The van der Waals surface area contributed by atoms with Crippen LogP contribution >= 0.6 is 11.8 Å². The molecule has 31 heavy (non-hydrogen) atoms. The quantitative estimate of drug-likeness (QED) is 0.671. The van der Waals surface area contributed by atoms with Gasteiger partial charge in [0.05, 0.1) is 5.56 Å². The molecule has 0 spiro atoms. The molecule has 0 bridgehead atoms. The molecule has 2 aromatic rings. The van der Waals surface area contributed by atoms with Gasteiger partial charge < -0.3 is 9.80 Å². The van der Waals surface area contributed by atoms with E-state index in [1.807, 2.05) is 37.4 Å². The molecule has 2 aliphatic heterocycles. The van der Waals surface area contributed by atoms with Gasteiger partial charge in [-0.2, -0.15) is 17.0 Å². The van der Waals surface area contributed by atoms with Gasteiger partial charge in [-0.25, -0.2) is 4.98 Å². The van der Waals surface area contributed by atoms with Crippen LogP contribution in [0.5, 0.6) is 0 Å². The number of hydrogen-bond donors (Lipinski definition) is 0. The van der Waals surface area contributed by atoms with Crippen LogP contribution in [0.3, 0.4) is 0 Å². The second-order valence-electron chi connectivity index (χ2n) is 7.67. The SMILES string of the molecule is CN1CCN(S(=O)(=O)N2CCN(C(=O)c3cccnc3Sc3ccccc3)CC2)CC1. The number of rotatable bonds is 5. The van der Waals surface area contributed by atoms with E-state index in [-0.39, 0.29) is 5.91 Å². The van der Waals surface area contributed by atoms with Gasteiger partial charge in [0.15, 0.2) is 0 Å². The van der Waals surface area contributed by atoms with E-state index in [1.54, 1.807) is 27.5 Å². The highest BCUT2D eigenvalue weighted by atomic mass is 32.2. The standard InChI is InChI=1S/C21H27N5O3S2/c1-23-10-14-25(15-11-23)31(28,29)26-16-12-24(13-17-26)21(27)19-8-5-9-22-20(19)30-18-6-3-2-4-7-18/h2-9H,10-17H2,1H3. The summed E-state index contributed by atoms with van der Waals surface area (Å²) in [5, 5.41) is 0.659. The summed E-state index contributed by atoms with van der Waals surface area (Å²) in [6.07, 6.45) is 1.68. The van der Waals surface area contributed by atoms with E-state index in [0.717, 1.165) is 18.0 Å². The molecule has 1 aromatic carbocycles. The molecule has 0 saturated carbocycles. The summed E-state index contributed by atoms with van der Waals surface area (Å²) in [5.74, 6) is -0.108. The van der Waals surface area contributed by atoms with Gasteiger partial charge in [-0.3, -0.25) is 4.79 Å². The van der Waals surface area contributed by atoms with Crippen molar-refractivity contribution < 1.29 is 13.2 Å². The molecule has 0 aliphatic carbocycles. The number of pyridine rings is 1. The molecular formula is C21H27N5O3S2. The Hall–Kier alpha value is -1.98. The molecule has 166 valence electrons. The maximum Gasteiger partial charge on any atom is 0.282 e. The van der Waals surface area contributed by atoms with Crippen LogP contribution in [-0.4, -0.2) is 97.1 Å². The van der Waals surface area contributed by atoms with Crippen molar-refractivity contribution in [3.63, 3.8) is 0 Å². The molecule has 2 saturated heterocycles. The van der Waals surface area contributed by atoms with Gasteiger partial charge in [0.1, 0.15) is 5.03 Å². The van der Waals surface area contributed by atoms with E-state index < -0.39 is 10.2 Å². The Labute approximate surface area is 188 Å². The van der Waals surface area contributed by atoms with E-state index in [1.165, 1.54) is 16.1 Å². The fourth-order valence-corrected chi connectivity index (χ4v) is 6.18. The second-order valence-corrected chi connectivity index (χ2v) is 10.7. The maximum atomic E-state index is 13.2. The highest BCUT2D eigenvalue weighted by Gasteiger charge is 2.35. The Bertz CT molecular complexity index is 1000. The van der Waals surface area contributed by atoms with E-state index in [9.17, 15) is 13.2 Å². The number of aromatic nitrogens is 1. The molecule has 2 fully saturated rings. The van der Waals surface area contributed by atoms with Crippen molar-refractivity contribution in [3.8, 4) is 0 Å². The first kappa shape index (κ1) is 22.2. The van der Waals surface area contributed by atoms with Crippen molar-refractivity contribution in [2.45, 2.75) is 9.92 Å². The topological polar surface area (TPSA) is 77.1 Å². The minimum absolute atomic E-state index is 0.108. The summed E-state index contributed by atoms with van der Waals surface area (Å²) in [7, 11) is -1.49. The van der Waals surface area contributed by atoms with Crippen molar-refractivity contribution in [2.75, 3.05) is 59.4 Å². The van der Waals surface area contributed by atoms with Gasteiger partial charge >= 0.3 is 0 Å². The Morgan fingerprint density at radius 3 is 2.13 bits per heavy atom. The number of likely N-dealkylation sites (N-methyl/N-ethyl adjacent to an activating group) is 1. The van der Waals surface area contributed by atoms with E-state index >= 15 is 0 Å². The zero-order chi connectivity index (χ0) is 21.8. The van der Waals surface area contributed by atoms with Crippen LogP contribution in [0.4, 0.5) is 0 Å². The lowest BCUT2D eigenvalue weighted by Crippen LogP contribution is -2.57. The summed E-state index contributed by atoms with van der Waals surface area (Å²) in [4.78, 5) is 22.5. The number of nitrogens with zero attached hydrogens (tertiary/aromatic N) is 5. The molecule has 8 nitrogen and oxygen atoms in total. The Morgan fingerprint density at radius 2 is 1.48 bits per heavy atom. The van der Waals surface area contributed by atoms with Crippen LogP contribution < -0.4 is 0 Å². The summed E-state index contributed by atoms with van der Waals surface area (Å²) in [6.45, 7) is 3.85. The van der Waals surface area contributed by atoms with Gasteiger partial charge in [-0.05, 0) is 31.3 Å². The summed E-state index contributed by atoms with van der Waals surface area (Å²) < 4.78 is 29.0. The van der Waals surface area contributed by atoms with Gasteiger partial charge in [0, 0.05) is 63.5 Å². The third kappa shape index (κ3) is 5.09. The van der Waals surface area contributed by atoms with Crippen molar-refractivity contribution in [1.82, 2.24) is 23.4 Å². The first-order chi connectivity index (χ1) is 14.9. The molecule has 1 amide bonds. The van der Waals surface area contributed by atoms with Gasteiger partial charge in [-0.15, -0.1) is 0 Å². The molecule has 0 unspecified atom stereocenters. The second kappa shape index (κ2) is 9.66. The van der Waals surface area contributed by atoms with Crippen molar-refractivity contribution in [1.29, 1.82) is 0 Å². The number of benzene rings is 1. The minimum Gasteiger partial charge on any atom is -0.336 e. The predicted octanol–water partition coefficient (Wildman–Crippen LogP) is 1.48. The lowest BCUT2D eigenvalue weighted by Gasteiger charge is -2.39. The zero-order valence-corrected chi connectivity index (χ0v) is 19.2. The number of amides is 1. The smallest absolute Gasteiger partial charge is 0.282 e. The van der Waals surface area contributed by atoms with Crippen LogP contribution in [0.2, 0.25) is 0 Å². The fraction of sp³-hybridized carbons (Fsp3) is 0.429. The van der Waals surface area contributed by atoms with Crippen LogP contribution in [-0.2, 0) is 10.2 Å². The van der Waals surface area contributed by atoms with Crippen molar-refractivity contribution in [2.24, 2.45) is 0 Å². The highest BCUT2D eigenvalue weighted by molar-refractivity contribution is 7.99. The molecular weight excluding hydrogens is 434 g/mol. The van der Waals surface area contributed by atoms with E-state index in [2.05, 4.69) is 9.88 Å². The molecule has 10 heteroatoms. The summed E-state index contributed by atoms with van der Waals surface area (Å²) >= 11 is 1.45. The monoisotopic (exact) mass is 461 g/mol. The summed E-state index contributed by atoms with van der Waals surface area (Å²) in [5.41, 5.74) is 0.548. The summed E-state index contributed by atoms with van der Waals surface area (Å²) in [6, 6.07) is 13.4. The lowest BCUT2D eigenvalue weighted by atomic mass is 10.2. The average Bonchev–Trinajstić information content (AvgIpc) is 2.80. The van der Waals surface area contributed by atoms with Crippen LogP contribution in [0, 0.1) is 0 Å². The minimum atomic E-state index is -3.49. The third-order valence-corrected chi connectivity index (χ3v) is 8.66. The van der Waals surface area contributed by atoms with Gasteiger partial charge in [0.2, 0.25) is 0 Å². The largest absolute Gasteiger partial charge is 0.336 e. The molecule has 0 N–H and O–H groups in total. The molecule has 1 aromatic heterocycles. The van der Waals surface area contributed by atoms with Crippen molar-refractivity contribution in [3.05, 3.63) is 54.2 Å². The first-order valence-corrected chi connectivity index (χ1v) is 12.6. The number of carbonyl (C=O) groups is 1. The normalized spacial score (nSPS) is 19.5. The Morgan fingerprint density at radius 1 is 0.871 bits per heavy atom. The van der Waals surface area contributed by atoms with Crippen LogP contribution in [0.1, 0.15) is 10.4 Å². The number of carbonyl (C=O) groups excluding carboxylic acids is 1. The third-order valence-electron chi connectivity index (χ3n) is 5.60. The van der Waals surface area contributed by atoms with Crippen LogP contribution in [0.15, 0.2) is 58.6 Å². The van der Waals surface area contributed by atoms with Crippen LogP contribution in [0.25, 0.3) is 0 Å². The Kier molecular flexibility index (Phi) is 6.92. The molecule has 2 aliphatic rings. The lowest BCUT2D eigenvalue weighted by molar-refractivity contribution is 0.0688. The molecule has 0 radical (unpaired) electrons. The average molecular weight is 462 g/mol. The highest BCUT2D eigenvalue weighted by Crippen LogP contribution is 2.29. The van der Waals surface area contributed by atoms with E-state index in [4.69, 9.17) is 0 Å². The number of hydrogen-bond acceptors (Lipinski definition) is 6. The fourth-order valence-electron chi connectivity index (χ4n) is 3.71. The van der Waals surface area contributed by atoms with Gasteiger partial charge in [-0.1, -0.05) is 30.0 Å². The number of piperazine rings is 2. The van der Waals surface area contributed by atoms with Crippen molar-refractivity contribution >= 4 is 27.9 Å². The van der Waals surface area contributed by atoms with E-state index in [0.29, 0.717) is 49.9 Å². The van der Waals surface area contributed by atoms with Gasteiger partial charge in [0.25, 0.3) is 16.1 Å². The first-order valence-electron chi connectivity index (χ1n) is 10.4. The molecule has 4 rings (SSSR count). The maximum absolute atomic E-state index is 13.2. The molecule has 3 heterocycles. The zero-order valence-electron chi connectivity index (χ0n) is 17.6. The Balaban J connectivity index is 1.41. The predicted molar refractivity (Wildman–Crippen MR) is 120 cm³/mol.